The third-order valence-corrected chi connectivity index (χ3v) is 4.29. The SMILES string of the molecule is Cc1cc(-c2nc[nH]n2)sc1C(=O)NCc1ccccc1. The van der Waals surface area contributed by atoms with Gasteiger partial charge < -0.3 is 5.32 Å². The lowest BCUT2D eigenvalue weighted by Crippen LogP contribution is -2.22. The fraction of sp³-hybridized carbons (Fsp3) is 0.133. The van der Waals surface area contributed by atoms with Crippen molar-refractivity contribution in [2.45, 2.75) is 13.5 Å². The van der Waals surface area contributed by atoms with Crippen LogP contribution in [0.2, 0.25) is 0 Å². The highest BCUT2D eigenvalue weighted by Gasteiger charge is 2.15. The van der Waals surface area contributed by atoms with Gasteiger partial charge in [0.15, 0.2) is 5.82 Å². The molecule has 0 saturated carbocycles. The lowest BCUT2D eigenvalue weighted by molar-refractivity contribution is 0.0954. The normalized spacial score (nSPS) is 10.5. The summed E-state index contributed by atoms with van der Waals surface area (Å²) in [7, 11) is 0. The molecule has 5 nitrogen and oxygen atoms in total. The summed E-state index contributed by atoms with van der Waals surface area (Å²) in [6, 6.07) is 11.8. The number of aryl methyl sites for hydroxylation is 1. The summed E-state index contributed by atoms with van der Waals surface area (Å²) >= 11 is 1.40. The van der Waals surface area contributed by atoms with Crippen LogP contribution < -0.4 is 5.32 Å². The second kappa shape index (κ2) is 5.88. The molecule has 0 aliphatic carbocycles. The quantitative estimate of drug-likeness (QED) is 0.778. The van der Waals surface area contributed by atoms with Gasteiger partial charge in [-0.15, -0.1) is 11.3 Å². The van der Waals surface area contributed by atoms with Crippen LogP contribution in [0.25, 0.3) is 10.7 Å². The van der Waals surface area contributed by atoms with E-state index >= 15 is 0 Å². The molecule has 6 heteroatoms. The highest BCUT2D eigenvalue weighted by molar-refractivity contribution is 7.17. The van der Waals surface area contributed by atoms with E-state index in [0.29, 0.717) is 17.2 Å². The molecule has 3 rings (SSSR count). The Hall–Kier alpha value is -2.47. The van der Waals surface area contributed by atoms with Crippen molar-refractivity contribution in [3.63, 3.8) is 0 Å². The van der Waals surface area contributed by atoms with E-state index in [-0.39, 0.29) is 5.91 Å². The highest BCUT2D eigenvalue weighted by atomic mass is 32.1. The molecule has 0 saturated heterocycles. The third kappa shape index (κ3) is 3.00. The Morgan fingerprint density at radius 2 is 2.14 bits per heavy atom. The third-order valence-electron chi connectivity index (χ3n) is 3.06. The largest absolute Gasteiger partial charge is 0.347 e. The van der Waals surface area contributed by atoms with E-state index in [1.807, 2.05) is 43.3 Å². The number of carbonyl (C=O) groups is 1. The maximum absolute atomic E-state index is 12.3. The van der Waals surface area contributed by atoms with Crippen LogP contribution in [0.3, 0.4) is 0 Å². The molecular weight excluding hydrogens is 284 g/mol. The molecule has 0 aliphatic rings. The fourth-order valence-corrected chi connectivity index (χ4v) is 3.03. The summed E-state index contributed by atoms with van der Waals surface area (Å²) in [6.45, 7) is 2.44. The minimum absolute atomic E-state index is 0.0665. The van der Waals surface area contributed by atoms with Gasteiger partial charge in [-0.3, -0.25) is 9.89 Å². The smallest absolute Gasteiger partial charge is 0.261 e. The molecule has 1 aromatic carbocycles. The molecule has 0 radical (unpaired) electrons. The number of thiophene rings is 1. The summed E-state index contributed by atoms with van der Waals surface area (Å²) in [5.41, 5.74) is 2.01. The van der Waals surface area contributed by atoms with Crippen LogP contribution in [0.15, 0.2) is 42.7 Å². The Kier molecular flexibility index (Phi) is 3.79. The van der Waals surface area contributed by atoms with Gasteiger partial charge in [-0.05, 0) is 24.1 Å². The molecule has 0 bridgehead atoms. The molecule has 106 valence electrons. The van der Waals surface area contributed by atoms with Crippen LogP contribution in [-0.4, -0.2) is 21.1 Å². The number of hydrogen-bond acceptors (Lipinski definition) is 4. The molecule has 3 aromatic rings. The molecule has 2 aromatic heterocycles. The summed E-state index contributed by atoms with van der Waals surface area (Å²) in [4.78, 5) is 18.0. The first-order valence-electron chi connectivity index (χ1n) is 6.53. The maximum Gasteiger partial charge on any atom is 0.261 e. The molecule has 0 atom stereocenters. The minimum Gasteiger partial charge on any atom is -0.347 e. The van der Waals surface area contributed by atoms with Gasteiger partial charge in [-0.2, -0.15) is 5.10 Å². The number of benzene rings is 1. The number of amides is 1. The van der Waals surface area contributed by atoms with Crippen LogP contribution in [0.4, 0.5) is 0 Å². The molecule has 0 fully saturated rings. The van der Waals surface area contributed by atoms with E-state index in [2.05, 4.69) is 20.5 Å². The van der Waals surface area contributed by atoms with Crippen molar-refractivity contribution in [2.24, 2.45) is 0 Å². The van der Waals surface area contributed by atoms with E-state index in [9.17, 15) is 4.79 Å². The molecule has 0 unspecified atom stereocenters. The van der Waals surface area contributed by atoms with E-state index in [4.69, 9.17) is 0 Å². The average molecular weight is 298 g/mol. The monoisotopic (exact) mass is 298 g/mol. The number of nitrogens with zero attached hydrogens (tertiary/aromatic N) is 2. The number of H-pyrrole nitrogens is 1. The lowest BCUT2D eigenvalue weighted by Gasteiger charge is -2.04. The number of aromatic nitrogens is 3. The van der Waals surface area contributed by atoms with Crippen molar-refractivity contribution < 1.29 is 4.79 Å². The van der Waals surface area contributed by atoms with Crippen molar-refractivity contribution in [1.82, 2.24) is 20.5 Å². The van der Waals surface area contributed by atoms with Gasteiger partial charge >= 0.3 is 0 Å². The van der Waals surface area contributed by atoms with Gasteiger partial charge in [0.1, 0.15) is 6.33 Å². The maximum atomic E-state index is 12.3. The molecule has 0 aliphatic heterocycles. The Labute approximate surface area is 126 Å². The van der Waals surface area contributed by atoms with E-state index < -0.39 is 0 Å². The number of nitrogens with one attached hydrogen (secondary N) is 2. The predicted octanol–water partition coefficient (Wildman–Crippen LogP) is 2.77. The van der Waals surface area contributed by atoms with Gasteiger partial charge in [0.05, 0.1) is 9.75 Å². The van der Waals surface area contributed by atoms with Crippen molar-refractivity contribution in [1.29, 1.82) is 0 Å². The van der Waals surface area contributed by atoms with Crippen molar-refractivity contribution in [3.05, 3.63) is 58.7 Å². The zero-order valence-corrected chi connectivity index (χ0v) is 12.3. The summed E-state index contributed by atoms with van der Waals surface area (Å²) in [5.74, 6) is 0.549. The first kappa shape index (κ1) is 13.5. The standard InChI is InChI=1S/C15H14N4OS/c1-10-7-12(14-17-9-18-19-14)21-13(10)15(20)16-8-11-5-3-2-4-6-11/h2-7,9H,8H2,1H3,(H,16,20)(H,17,18,19). The van der Waals surface area contributed by atoms with Gasteiger partial charge in [0.2, 0.25) is 0 Å². The molecule has 1 amide bonds. The van der Waals surface area contributed by atoms with E-state index in [1.165, 1.54) is 17.7 Å². The van der Waals surface area contributed by atoms with Gasteiger partial charge in [0, 0.05) is 6.54 Å². The summed E-state index contributed by atoms with van der Waals surface area (Å²) < 4.78 is 0. The molecule has 0 spiro atoms. The Morgan fingerprint density at radius 1 is 1.33 bits per heavy atom. The lowest BCUT2D eigenvalue weighted by atomic mass is 10.2. The first-order chi connectivity index (χ1) is 10.2. The Morgan fingerprint density at radius 3 is 2.86 bits per heavy atom. The molecular formula is C15H14N4OS. The minimum atomic E-state index is -0.0665. The van der Waals surface area contributed by atoms with Crippen molar-refractivity contribution in [2.75, 3.05) is 0 Å². The van der Waals surface area contributed by atoms with Gasteiger partial charge in [-0.1, -0.05) is 30.3 Å². The van der Waals surface area contributed by atoms with Gasteiger partial charge in [0.25, 0.3) is 5.91 Å². The molecule has 2 heterocycles. The number of aromatic amines is 1. The van der Waals surface area contributed by atoms with E-state index in [1.54, 1.807) is 0 Å². The van der Waals surface area contributed by atoms with Crippen LogP contribution in [0, 0.1) is 6.92 Å². The summed E-state index contributed by atoms with van der Waals surface area (Å²) in [5, 5.41) is 9.65. The van der Waals surface area contributed by atoms with Crippen molar-refractivity contribution >= 4 is 17.2 Å². The average Bonchev–Trinajstić information content (AvgIpc) is 3.15. The second-order valence-corrected chi connectivity index (χ2v) is 5.67. The van der Waals surface area contributed by atoms with Gasteiger partial charge in [-0.25, -0.2) is 4.98 Å². The number of carbonyl (C=O) groups excluding carboxylic acids is 1. The Balaban J connectivity index is 1.73. The Bertz CT molecular complexity index is 734. The van der Waals surface area contributed by atoms with Crippen LogP contribution in [0.1, 0.15) is 20.8 Å². The first-order valence-corrected chi connectivity index (χ1v) is 7.34. The number of hydrogen-bond donors (Lipinski definition) is 2. The second-order valence-electron chi connectivity index (χ2n) is 4.61. The van der Waals surface area contributed by atoms with Crippen LogP contribution in [0.5, 0.6) is 0 Å². The molecule has 2 N–H and O–H groups in total. The number of rotatable bonds is 4. The zero-order chi connectivity index (χ0) is 14.7. The fourth-order valence-electron chi connectivity index (χ4n) is 2.00. The highest BCUT2D eigenvalue weighted by Crippen LogP contribution is 2.28. The predicted molar refractivity (Wildman–Crippen MR) is 82.0 cm³/mol. The van der Waals surface area contributed by atoms with Crippen LogP contribution in [-0.2, 0) is 6.54 Å². The zero-order valence-electron chi connectivity index (χ0n) is 11.5. The van der Waals surface area contributed by atoms with Crippen molar-refractivity contribution in [3.8, 4) is 10.7 Å². The topological polar surface area (TPSA) is 70.7 Å². The summed E-state index contributed by atoms with van der Waals surface area (Å²) in [6.07, 6.45) is 1.53. The molecule has 21 heavy (non-hydrogen) atoms. The van der Waals surface area contributed by atoms with Crippen LogP contribution >= 0.6 is 11.3 Å². The van der Waals surface area contributed by atoms with E-state index in [0.717, 1.165) is 16.0 Å².